The van der Waals surface area contributed by atoms with Gasteiger partial charge in [-0.1, -0.05) is 32.0 Å². The predicted octanol–water partition coefficient (Wildman–Crippen LogP) is 3.75. The molecule has 23 nitrogen and oxygen atoms in total. The molecule has 0 fully saturated rings. The molecule has 0 saturated carbocycles. The number of nitrogens with one attached hydrogen (secondary N) is 8. The van der Waals surface area contributed by atoms with Crippen LogP contribution >= 0.6 is 0 Å². The van der Waals surface area contributed by atoms with Gasteiger partial charge in [0.15, 0.2) is 34.5 Å². The molecule has 1 heterocycles. The first-order valence-corrected chi connectivity index (χ1v) is 24.8. The van der Waals surface area contributed by atoms with Gasteiger partial charge in [0.25, 0.3) is 17.7 Å². The molecule has 404 valence electrons. The van der Waals surface area contributed by atoms with Crippen molar-refractivity contribution >= 4 is 58.8 Å². The summed E-state index contributed by atoms with van der Waals surface area (Å²) in [5, 5.41) is 83.0. The van der Waals surface area contributed by atoms with E-state index < -0.39 is 75.6 Å². The highest BCUT2D eigenvalue weighted by Crippen LogP contribution is 2.37. The molecule has 23 heteroatoms. The maximum Gasteiger partial charge on any atom is 0.319 e. The molecular formula is C52H68N10O13. The van der Waals surface area contributed by atoms with Crippen LogP contribution in [0.15, 0.2) is 77.8 Å². The third kappa shape index (κ3) is 16.9. The Hall–Kier alpha value is -8.31. The van der Waals surface area contributed by atoms with Crippen LogP contribution in [0.2, 0.25) is 0 Å². The van der Waals surface area contributed by atoms with Crippen LogP contribution in [0, 0.1) is 5.41 Å². The van der Waals surface area contributed by atoms with E-state index in [0.717, 1.165) is 19.6 Å². The molecule has 0 bridgehead atoms. The minimum absolute atomic E-state index is 0.0452. The van der Waals surface area contributed by atoms with Crippen molar-refractivity contribution in [2.24, 2.45) is 10.4 Å². The molecular weight excluding hydrogens is 973 g/mol. The molecule has 0 saturated heterocycles. The summed E-state index contributed by atoms with van der Waals surface area (Å²) in [6.45, 7) is 7.60. The largest absolute Gasteiger partial charge is 0.504 e. The van der Waals surface area contributed by atoms with Gasteiger partial charge in [0.05, 0.1) is 41.3 Å². The molecule has 1 unspecified atom stereocenters. The number of carbonyl (C=O) groups excluding carboxylic acids is 6. The van der Waals surface area contributed by atoms with Crippen molar-refractivity contribution in [1.29, 1.82) is 0 Å². The van der Waals surface area contributed by atoms with Gasteiger partial charge in [0.1, 0.15) is 6.04 Å². The number of hydrogen-bond acceptors (Lipinski definition) is 16. The summed E-state index contributed by atoms with van der Waals surface area (Å²) in [5.74, 6) is -5.79. The van der Waals surface area contributed by atoms with E-state index in [9.17, 15) is 59.4 Å². The number of phenolic OH excluding ortho intramolecular Hbond substituents is 6. The van der Waals surface area contributed by atoms with Crippen LogP contribution in [-0.2, 0) is 14.3 Å². The van der Waals surface area contributed by atoms with Crippen LogP contribution in [0.3, 0.4) is 0 Å². The van der Waals surface area contributed by atoms with E-state index in [1.807, 2.05) is 0 Å². The van der Waals surface area contributed by atoms with Crippen molar-refractivity contribution < 1.29 is 64.1 Å². The number of amides is 7. The van der Waals surface area contributed by atoms with E-state index in [0.29, 0.717) is 23.6 Å². The second-order valence-electron chi connectivity index (χ2n) is 17.6. The molecule has 75 heavy (non-hydrogen) atoms. The number of likely N-dealkylation sites (N-methyl/N-ethyl adjacent to an activating group) is 1. The Labute approximate surface area is 434 Å². The SMILES string of the molecule is CCN(CC)CCNC(=O)C1C=Nc2cc(NC(=O)NCCOCCNC(=O)C(CCCNC(=O)c3cccc(O)c3O)(CCCNC(=O)c3cccc(O)c3O)CCCNC(=O)c3cccc(O)c3O)ccc2N1. The minimum atomic E-state index is -1.19. The highest BCUT2D eigenvalue weighted by molar-refractivity contribution is 6.04. The van der Waals surface area contributed by atoms with Gasteiger partial charge in [-0.3, -0.25) is 29.0 Å². The molecule has 5 rings (SSSR count). The fourth-order valence-electron chi connectivity index (χ4n) is 8.29. The number of carbonyl (C=O) groups is 6. The van der Waals surface area contributed by atoms with Crippen molar-refractivity contribution in [2.45, 2.75) is 58.4 Å². The van der Waals surface area contributed by atoms with Crippen molar-refractivity contribution in [3.05, 3.63) is 89.5 Å². The van der Waals surface area contributed by atoms with Crippen molar-refractivity contribution in [3.8, 4) is 34.5 Å². The molecule has 0 radical (unpaired) electrons. The molecule has 0 aromatic heterocycles. The normalized spacial score (nSPS) is 12.7. The molecule has 0 aliphatic carbocycles. The number of para-hydroxylation sites is 3. The van der Waals surface area contributed by atoms with Crippen LogP contribution in [0.25, 0.3) is 0 Å². The zero-order valence-corrected chi connectivity index (χ0v) is 42.0. The molecule has 7 amide bonds. The van der Waals surface area contributed by atoms with E-state index in [1.165, 1.54) is 60.8 Å². The molecule has 1 aliphatic heterocycles. The lowest BCUT2D eigenvalue weighted by atomic mass is 9.74. The van der Waals surface area contributed by atoms with E-state index in [2.05, 4.69) is 66.3 Å². The van der Waals surface area contributed by atoms with Crippen molar-refractivity contribution in [1.82, 2.24) is 36.8 Å². The van der Waals surface area contributed by atoms with Gasteiger partial charge in [-0.2, -0.15) is 0 Å². The maximum atomic E-state index is 14.4. The quantitative estimate of drug-likeness (QED) is 0.0272. The standard InChI is InChI=1S/C52H68N10O13/c1-3-62(4-2)28-25-56-49(72)39-32-59-38-31-33(17-18-37(38)61-39)60-51(74)58-27-30-75-29-26-57-50(73)52(19-8-22-53-46(69)34-11-5-14-40(63)43(34)66,20-9-23-54-47(70)35-12-6-15-41(64)44(35)67)21-10-24-55-48(71)36-13-7-16-42(65)45(36)68/h5-7,11-18,31-32,39,61,63-68H,3-4,8-10,19-30H2,1-2H3,(H,53,69)(H,54,70)(H,55,71)(H,56,72)(H,57,73)(H2,58,60,74). The lowest BCUT2D eigenvalue weighted by Crippen LogP contribution is -2.44. The van der Waals surface area contributed by atoms with Gasteiger partial charge in [0, 0.05) is 63.1 Å². The number of ether oxygens (including phenoxy) is 1. The highest BCUT2D eigenvalue weighted by Gasteiger charge is 2.37. The van der Waals surface area contributed by atoms with Gasteiger partial charge in [0.2, 0.25) is 11.8 Å². The summed E-state index contributed by atoms with van der Waals surface area (Å²) in [6.07, 6.45) is 2.76. The first kappa shape index (κ1) is 57.6. The zero-order chi connectivity index (χ0) is 54.3. The Morgan fingerprint density at radius 3 is 1.56 bits per heavy atom. The van der Waals surface area contributed by atoms with Gasteiger partial charge >= 0.3 is 6.03 Å². The van der Waals surface area contributed by atoms with Crippen molar-refractivity contribution in [3.63, 3.8) is 0 Å². The number of hydrogen-bond donors (Lipinski definition) is 14. The van der Waals surface area contributed by atoms with E-state index in [1.54, 1.807) is 18.2 Å². The van der Waals surface area contributed by atoms with E-state index >= 15 is 0 Å². The first-order chi connectivity index (χ1) is 36.1. The number of phenols is 6. The minimum Gasteiger partial charge on any atom is -0.504 e. The van der Waals surface area contributed by atoms with Crippen LogP contribution in [0.1, 0.15) is 83.4 Å². The topological polar surface area (TPSA) is 345 Å². The highest BCUT2D eigenvalue weighted by atomic mass is 16.5. The predicted molar refractivity (Wildman–Crippen MR) is 280 cm³/mol. The molecule has 0 spiro atoms. The van der Waals surface area contributed by atoms with Crippen LogP contribution < -0.4 is 42.5 Å². The molecule has 1 aliphatic rings. The van der Waals surface area contributed by atoms with Crippen molar-refractivity contribution in [2.75, 3.05) is 82.8 Å². The van der Waals surface area contributed by atoms with E-state index in [-0.39, 0.29) is 107 Å². The summed E-state index contributed by atoms with van der Waals surface area (Å²) in [4.78, 5) is 85.4. The Morgan fingerprint density at radius 2 is 1.08 bits per heavy atom. The number of urea groups is 1. The fraction of sp³-hybridized carbons (Fsp3) is 0.404. The summed E-state index contributed by atoms with van der Waals surface area (Å²) >= 11 is 0. The average molecular weight is 1040 g/mol. The Kier molecular flexibility index (Phi) is 22.1. The van der Waals surface area contributed by atoms with Crippen LogP contribution in [0.4, 0.5) is 21.9 Å². The number of nitrogens with zero attached hydrogens (tertiary/aromatic N) is 2. The summed E-state index contributed by atoms with van der Waals surface area (Å²) in [6, 6.07) is 15.8. The number of fused-ring (bicyclic) bond motifs is 1. The number of benzene rings is 4. The molecule has 4 aromatic rings. The Morgan fingerprint density at radius 1 is 0.600 bits per heavy atom. The lowest BCUT2D eigenvalue weighted by molar-refractivity contribution is -0.133. The third-order valence-electron chi connectivity index (χ3n) is 12.5. The maximum absolute atomic E-state index is 14.4. The molecule has 4 aromatic carbocycles. The number of anilines is 2. The number of aliphatic imine (C=N–C) groups is 1. The summed E-state index contributed by atoms with van der Waals surface area (Å²) in [7, 11) is 0. The zero-order valence-electron chi connectivity index (χ0n) is 42.0. The summed E-state index contributed by atoms with van der Waals surface area (Å²) < 4.78 is 5.73. The third-order valence-corrected chi connectivity index (χ3v) is 12.5. The van der Waals surface area contributed by atoms with Gasteiger partial charge in [-0.15, -0.1) is 0 Å². The second-order valence-corrected chi connectivity index (χ2v) is 17.6. The Bertz CT molecular complexity index is 2470. The monoisotopic (exact) mass is 1040 g/mol. The molecule has 14 N–H and O–H groups in total. The second kappa shape index (κ2) is 28.8. The molecule has 1 atom stereocenters. The fourth-order valence-corrected chi connectivity index (χ4v) is 8.29. The Balaban J connectivity index is 1.16. The van der Waals surface area contributed by atoms with Crippen LogP contribution in [-0.4, -0.2) is 155 Å². The van der Waals surface area contributed by atoms with E-state index in [4.69, 9.17) is 4.74 Å². The van der Waals surface area contributed by atoms with Crippen LogP contribution in [0.5, 0.6) is 34.5 Å². The average Bonchev–Trinajstić information content (AvgIpc) is 3.40. The van der Waals surface area contributed by atoms with Gasteiger partial charge in [-0.25, -0.2) is 4.79 Å². The summed E-state index contributed by atoms with van der Waals surface area (Å²) in [5.41, 5.74) is -0.00424. The number of rotatable bonds is 29. The van der Waals surface area contributed by atoms with Gasteiger partial charge in [-0.05, 0) is 106 Å². The first-order valence-electron chi connectivity index (χ1n) is 24.8. The van der Waals surface area contributed by atoms with Gasteiger partial charge < -0.3 is 82.8 Å². The number of aromatic hydroxyl groups is 6. The lowest BCUT2D eigenvalue weighted by Gasteiger charge is -2.33. The smallest absolute Gasteiger partial charge is 0.319 e.